The van der Waals surface area contributed by atoms with E-state index in [1.165, 1.54) is 24.1 Å². The molecule has 0 saturated heterocycles. The number of aryl methyl sites for hydroxylation is 1. The molecule has 1 aromatic rings. The molecule has 1 aromatic heterocycles. The zero-order valence-electron chi connectivity index (χ0n) is 9.38. The Labute approximate surface area is 94.9 Å². The highest BCUT2D eigenvalue weighted by Gasteiger charge is 2.36. The molecule has 3 nitrogen and oxygen atoms in total. The maximum absolute atomic E-state index is 5.54. The van der Waals surface area contributed by atoms with Crippen LogP contribution in [0.2, 0.25) is 0 Å². The molecule has 4 heteroatoms. The van der Waals surface area contributed by atoms with Gasteiger partial charge in [0.1, 0.15) is 0 Å². The molecule has 15 heavy (non-hydrogen) atoms. The van der Waals surface area contributed by atoms with Crippen LogP contribution in [0.4, 0.5) is 0 Å². The van der Waals surface area contributed by atoms with Gasteiger partial charge in [-0.05, 0) is 26.2 Å². The number of hydrogen-bond acceptors (Lipinski definition) is 4. The largest absolute Gasteiger partial charge is 0.377 e. The number of nitrogens with zero attached hydrogens (tertiary/aromatic N) is 1. The first kappa shape index (κ1) is 11.0. The van der Waals surface area contributed by atoms with Gasteiger partial charge in [-0.3, -0.25) is 0 Å². The van der Waals surface area contributed by atoms with E-state index in [2.05, 4.69) is 10.3 Å². The Kier molecular flexibility index (Phi) is 3.38. The summed E-state index contributed by atoms with van der Waals surface area (Å²) in [4.78, 5) is 5.54. The zero-order chi connectivity index (χ0) is 10.7. The molecule has 84 valence electrons. The van der Waals surface area contributed by atoms with Crippen molar-refractivity contribution in [3.63, 3.8) is 0 Å². The molecule has 0 unspecified atom stereocenters. The first-order valence-electron chi connectivity index (χ1n) is 5.41. The highest BCUT2D eigenvalue weighted by Crippen LogP contribution is 2.34. The van der Waals surface area contributed by atoms with E-state index in [0.717, 1.165) is 18.1 Å². The lowest BCUT2D eigenvalue weighted by Crippen LogP contribution is -2.47. The van der Waals surface area contributed by atoms with Gasteiger partial charge in [0.05, 0.1) is 10.6 Å². The van der Waals surface area contributed by atoms with E-state index in [1.54, 1.807) is 11.3 Å². The topological polar surface area (TPSA) is 34.1 Å². The summed E-state index contributed by atoms with van der Waals surface area (Å²) in [5.74, 6) is 0. The smallest absolute Gasteiger partial charge is 0.0897 e. The van der Waals surface area contributed by atoms with Gasteiger partial charge in [0.15, 0.2) is 0 Å². The molecule has 1 N–H and O–H groups in total. The molecule has 0 radical (unpaired) electrons. The Hall–Kier alpha value is -0.450. The van der Waals surface area contributed by atoms with E-state index >= 15 is 0 Å². The van der Waals surface area contributed by atoms with Crippen molar-refractivity contribution in [3.8, 4) is 0 Å². The second-order valence-electron chi connectivity index (χ2n) is 4.19. The summed E-state index contributed by atoms with van der Waals surface area (Å²) in [6.07, 6.45) is 5.64. The van der Waals surface area contributed by atoms with Crippen molar-refractivity contribution in [1.82, 2.24) is 10.3 Å². The molecule has 0 bridgehead atoms. The lowest BCUT2D eigenvalue weighted by molar-refractivity contribution is -0.0695. The summed E-state index contributed by atoms with van der Waals surface area (Å²) >= 11 is 1.76. The average molecular weight is 226 g/mol. The van der Waals surface area contributed by atoms with Crippen LogP contribution in [0, 0.1) is 6.92 Å². The fraction of sp³-hybridized carbons (Fsp3) is 0.727. The van der Waals surface area contributed by atoms with E-state index in [0.29, 0.717) is 0 Å². The van der Waals surface area contributed by atoms with Crippen molar-refractivity contribution in [2.75, 3.05) is 13.7 Å². The van der Waals surface area contributed by atoms with Gasteiger partial charge in [-0.2, -0.15) is 0 Å². The third-order valence-corrected chi connectivity index (χ3v) is 4.03. The van der Waals surface area contributed by atoms with Crippen molar-refractivity contribution < 1.29 is 4.74 Å². The van der Waals surface area contributed by atoms with Crippen LogP contribution in [0.25, 0.3) is 0 Å². The second-order valence-corrected chi connectivity index (χ2v) is 5.51. The third-order valence-electron chi connectivity index (χ3n) is 3.11. The molecule has 1 aliphatic carbocycles. The van der Waals surface area contributed by atoms with Gasteiger partial charge in [0.2, 0.25) is 0 Å². The number of aromatic nitrogens is 1. The van der Waals surface area contributed by atoms with Crippen LogP contribution in [0.1, 0.15) is 29.1 Å². The number of ether oxygens (including phenoxy) is 1. The van der Waals surface area contributed by atoms with Gasteiger partial charge < -0.3 is 10.1 Å². The van der Waals surface area contributed by atoms with E-state index < -0.39 is 0 Å². The highest BCUT2D eigenvalue weighted by atomic mass is 32.1. The lowest BCUT2D eigenvalue weighted by Gasteiger charge is -2.40. The molecule has 0 atom stereocenters. The molecule has 0 aliphatic heterocycles. The molecule has 0 aromatic carbocycles. The van der Waals surface area contributed by atoms with Gasteiger partial charge in [0.25, 0.3) is 0 Å². The molecule has 1 heterocycles. The minimum atomic E-state index is 0.125. The second kappa shape index (κ2) is 4.60. The Morgan fingerprint density at radius 3 is 2.87 bits per heavy atom. The quantitative estimate of drug-likeness (QED) is 0.835. The van der Waals surface area contributed by atoms with Crippen molar-refractivity contribution in [2.45, 2.75) is 38.3 Å². The van der Waals surface area contributed by atoms with Crippen LogP contribution in [0.3, 0.4) is 0 Å². The Bertz CT molecular complexity index is 315. The fourth-order valence-electron chi connectivity index (χ4n) is 1.92. The minimum absolute atomic E-state index is 0.125. The van der Waals surface area contributed by atoms with Crippen molar-refractivity contribution in [1.29, 1.82) is 0 Å². The first-order valence-corrected chi connectivity index (χ1v) is 6.23. The molecule has 2 rings (SSSR count). The molecule has 1 saturated carbocycles. The number of methoxy groups -OCH3 is 1. The Morgan fingerprint density at radius 2 is 2.40 bits per heavy atom. The van der Waals surface area contributed by atoms with Crippen molar-refractivity contribution in [2.24, 2.45) is 0 Å². The van der Waals surface area contributed by atoms with E-state index in [-0.39, 0.29) is 5.60 Å². The van der Waals surface area contributed by atoms with Gasteiger partial charge in [-0.1, -0.05) is 0 Å². The summed E-state index contributed by atoms with van der Waals surface area (Å²) in [5.41, 5.74) is 0.125. The molecule has 0 amide bonds. The fourth-order valence-corrected chi connectivity index (χ4v) is 2.69. The SMILES string of the molecule is COC1(CNCc2cnc(C)s2)CCC1. The number of hydrogen-bond donors (Lipinski definition) is 1. The van der Waals surface area contributed by atoms with Gasteiger partial charge in [0, 0.05) is 31.3 Å². The zero-order valence-corrected chi connectivity index (χ0v) is 10.2. The summed E-state index contributed by atoms with van der Waals surface area (Å²) in [6, 6.07) is 0. The molecule has 0 spiro atoms. The Balaban J connectivity index is 1.74. The third kappa shape index (κ3) is 2.56. The molecule has 1 fully saturated rings. The highest BCUT2D eigenvalue weighted by molar-refractivity contribution is 7.11. The van der Waals surface area contributed by atoms with Crippen LogP contribution in [0.15, 0.2) is 6.20 Å². The van der Waals surface area contributed by atoms with Gasteiger partial charge in [-0.25, -0.2) is 4.98 Å². The standard InChI is InChI=1S/C11H18N2OS/c1-9-13-7-10(15-9)6-12-8-11(14-2)4-3-5-11/h7,12H,3-6,8H2,1-2H3. The normalized spacial score (nSPS) is 18.8. The molecular weight excluding hydrogens is 208 g/mol. The summed E-state index contributed by atoms with van der Waals surface area (Å²) < 4.78 is 5.54. The number of nitrogens with one attached hydrogen (secondary N) is 1. The summed E-state index contributed by atoms with van der Waals surface area (Å²) in [5, 5.41) is 4.59. The van der Waals surface area contributed by atoms with E-state index in [4.69, 9.17) is 4.74 Å². The maximum atomic E-state index is 5.54. The van der Waals surface area contributed by atoms with Crippen LogP contribution in [0.5, 0.6) is 0 Å². The van der Waals surface area contributed by atoms with Crippen molar-refractivity contribution >= 4 is 11.3 Å². The monoisotopic (exact) mass is 226 g/mol. The van der Waals surface area contributed by atoms with E-state index in [1.807, 2.05) is 20.2 Å². The van der Waals surface area contributed by atoms with Gasteiger partial charge >= 0.3 is 0 Å². The summed E-state index contributed by atoms with van der Waals surface area (Å²) in [7, 11) is 1.82. The minimum Gasteiger partial charge on any atom is -0.377 e. The van der Waals surface area contributed by atoms with E-state index in [9.17, 15) is 0 Å². The average Bonchev–Trinajstić information content (AvgIpc) is 2.56. The molecular formula is C11H18N2OS. The maximum Gasteiger partial charge on any atom is 0.0897 e. The number of rotatable bonds is 5. The Morgan fingerprint density at radius 1 is 1.60 bits per heavy atom. The van der Waals surface area contributed by atoms with Gasteiger partial charge in [-0.15, -0.1) is 11.3 Å². The van der Waals surface area contributed by atoms with Crippen molar-refractivity contribution in [3.05, 3.63) is 16.1 Å². The van der Waals surface area contributed by atoms with Crippen LogP contribution < -0.4 is 5.32 Å². The molecule has 1 aliphatic rings. The van der Waals surface area contributed by atoms with Crippen LogP contribution in [-0.4, -0.2) is 24.2 Å². The predicted octanol–water partition coefficient (Wildman–Crippen LogP) is 2.11. The number of thiazole rings is 1. The summed E-state index contributed by atoms with van der Waals surface area (Å²) in [6.45, 7) is 3.91. The van der Waals surface area contributed by atoms with Crippen LogP contribution >= 0.6 is 11.3 Å². The predicted molar refractivity (Wildman–Crippen MR) is 62.1 cm³/mol. The lowest BCUT2D eigenvalue weighted by atomic mass is 9.80. The van der Waals surface area contributed by atoms with Crippen LogP contribution in [-0.2, 0) is 11.3 Å². The first-order chi connectivity index (χ1) is 7.24.